The molecule has 2 atom stereocenters. The van der Waals surface area contributed by atoms with E-state index >= 15 is 0 Å². The van der Waals surface area contributed by atoms with E-state index in [0.717, 1.165) is 5.56 Å². The van der Waals surface area contributed by atoms with Gasteiger partial charge in [-0.25, -0.2) is 4.79 Å². The molecule has 182 valence electrons. The number of amides is 2. The number of carbonyl (C=O) groups is 2. The average molecular weight is 488 g/mol. The van der Waals surface area contributed by atoms with E-state index in [0.29, 0.717) is 31.6 Å². The number of nitrogens with one attached hydrogen (secondary N) is 1. The maximum Gasteiger partial charge on any atom is 0.330 e. The van der Waals surface area contributed by atoms with E-state index < -0.39 is 22.2 Å². The second-order valence-corrected chi connectivity index (χ2v) is 10.2. The summed E-state index contributed by atoms with van der Waals surface area (Å²) in [5, 5.41) is 0. The van der Waals surface area contributed by atoms with Crippen LogP contribution in [0.2, 0.25) is 0 Å². The third kappa shape index (κ3) is 4.37. The van der Waals surface area contributed by atoms with Crippen LogP contribution in [0.4, 0.5) is 11.5 Å². The lowest BCUT2D eigenvalue weighted by molar-refractivity contribution is -0.136. The van der Waals surface area contributed by atoms with E-state index in [4.69, 9.17) is 10.5 Å². The highest BCUT2D eigenvalue weighted by atomic mass is 32.2. The number of anilines is 2. The first-order chi connectivity index (χ1) is 16.3. The average Bonchev–Trinajstić information content (AvgIpc) is 3.31. The summed E-state index contributed by atoms with van der Waals surface area (Å²) in [6.45, 7) is 2.62. The highest BCUT2D eigenvalue weighted by Gasteiger charge is 2.54. The Bertz CT molecular complexity index is 1200. The summed E-state index contributed by atoms with van der Waals surface area (Å²) in [5.41, 5.74) is 5.71. The number of rotatable bonds is 8. The number of carbonyl (C=O) groups excluding carboxylic acids is 2. The Kier molecular flexibility index (Phi) is 6.85. The zero-order valence-electron chi connectivity index (χ0n) is 19.3. The number of thioether (sulfide) groups is 1. The Morgan fingerprint density at radius 2 is 2.03 bits per heavy atom. The Labute approximate surface area is 201 Å². The summed E-state index contributed by atoms with van der Waals surface area (Å²) in [7, 11) is 1.55. The fourth-order valence-corrected chi connectivity index (χ4v) is 6.07. The number of nitrogens with two attached hydrogens (primary N) is 1. The number of hydrogen-bond acceptors (Lipinski definition) is 7. The van der Waals surface area contributed by atoms with Crippen molar-refractivity contribution in [2.24, 2.45) is 0 Å². The van der Waals surface area contributed by atoms with Crippen LogP contribution in [-0.4, -0.2) is 63.2 Å². The Morgan fingerprint density at radius 1 is 1.29 bits per heavy atom. The highest BCUT2D eigenvalue weighted by Crippen LogP contribution is 2.47. The summed E-state index contributed by atoms with van der Waals surface area (Å²) in [4.78, 5) is 56.8. The van der Waals surface area contributed by atoms with Gasteiger partial charge in [0.15, 0.2) is 5.69 Å². The predicted octanol–water partition coefficient (Wildman–Crippen LogP) is 0.991. The summed E-state index contributed by atoms with van der Waals surface area (Å²) >= 11 is 1.57. The molecule has 0 unspecified atom stereocenters. The molecular formula is C23H29N5O5S. The smallest absolute Gasteiger partial charge is 0.330 e. The van der Waals surface area contributed by atoms with E-state index in [1.165, 1.54) is 9.47 Å². The van der Waals surface area contributed by atoms with Crippen LogP contribution in [-0.2, 0) is 20.9 Å². The molecule has 1 aromatic carbocycles. The summed E-state index contributed by atoms with van der Waals surface area (Å²) in [6.07, 6.45) is 1.51. The Hall–Kier alpha value is -3.05. The molecule has 3 heterocycles. The number of methoxy groups -OCH3 is 1. The molecule has 0 bridgehead atoms. The van der Waals surface area contributed by atoms with Crippen LogP contribution in [0.3, 0.4) is 0 Å². The van der Waals surface area contributed by atoms with Crippen LogP contribution in [0.25, 0.3) is 0 Å². The molecule has 4 rings (SSSR count). The second kappa shape index (κ2) is 9.67. The van der Waals surface area contributed by atoms with Gasteiger partial charge in [-0.3, -0.25) is 23.9 Å². The van der Waals surface area contributed by atoms with E-state index in [-0.39, 0.29) is 36.4 Å². The van der Waals surface area contributed by atoms with Gasteiger partial charge >= 0.3 is 5.69 Å². The van der Waals surface area contributed by atoms with E-state index in [9.17, 15) is 19.2 Å². The lowest BCUT2D eigenvalue weighted by atomic mass is 10.1. The maximum absolute atomic E-state index is 13.8. The van der Waals surface area contributed by atoms with Crippen molar-refractivity contribution in [3.8, 4) is 0 Å². The minimum Gasteiger partial charge on any atom is -0.385 e. The number of fused-ring (bicyclic) bond motifs is 1. The first-order valence-electron chi connectivity index (χ1n) is 11.2. The van der Waals surface area contributed by atoms with Gasteiger partial charge in [-0.05, 0) is 25.3 Å². The van der Waals surface area contributed by atoms with Gasteiger partial charge in [-0.1, -0.05) is 30.3 Å². The fourth-order valence-electron chi connectivity index (χ4n) is 4.64. The molecule has 2 aromatic rings. The molecular weight excluding hydrogens is 458 g/mol. The SMILES string of the molecule is COCCCN(C(=O)[C@H]1CS[C@]2(C)CCC(=O)N12)c1c(N)n(Cc2ccccc2)c(=O)[nH]c1=O. The Balaban J connectivity index is 1.74. The van der Waals surface area contributed by atoms with Crippen molar-refractivity contribution in [2.75, 3.05) is 36.6 Å². The molecule has 2 aliphatic heterocycles. The number of nitrogen functional groups attached to an aromatic ring is 1. The topological polar surface area (TPSA) is 131 Å². The van der Waals surface area contributed by atoms with Crippen LogP contribution >= 0.6 is 11.8 Å². The number of benzene rings is 1. The molecule has 3 N–H and O–H groups in total. The van der Waals surface area contributed by atoms with Gasteiger partial charge in [0.05, 0.1) is 11.4 Å². The van der Waals surface area contributed by atoms with Crippen LogP contribution in [0, 0.1) is 0 Å². The van der Waals surface area contributed by atoms with E-state index in [1.807, 2.05) is 37.3 Å². The largest absolute Gasteiger partial charge is 0.385 e. The van der Waals surface area contributed by atoms with Gasteiger partial charge < -0.3 is 20.3 Å². The molecule has 2 aliphatic rings. The number of hydrogen-bond donors (Lipinski definition) is 2. The summed E-state index contributed by atoms with van der Waals surface area (Å²) in [6, 6.07) is 8.51. The third-order valence-corrected chi connectivity index (χ3v) is 7.90. The van der Waals surface area contributed by atoms with Crippen molar-refractivity contribution in [2.45, 2.75) is 43.6 Å². The first kappa shape index (κ1) is 24.1. The number of ether oxygens (including phenoxy) is 1. The lowest BCUT2D eigenvalue weighted by Gasteiger charge is -2.33. The van der Waals surface area contributed by atoms with Crippen LogP contribution in [0.1, 0.15) is 31.7 Å². The Morgan fingerprint density at radius 3 is 2.74 bits per heavy atom. The van der Waals surface area contributed by atoms with Gasteiger partial charge in [-0.2, -0.15) is 0 Å². The standard InChI is InChI=1S/C23H29N5O5S/c1-23-10-9-17(29)28(23)16(14-34-23)21(31)26(11-6-12-33-2)18-19(24)27(22(32)25-20(18)30)13-15-7-4-3-5-8-15/h3-5,7-8,16H,6,9-14,24H2,1-2H3,(H,25,30,32)/t16-,23-/m1/s1. The van der Waals surface area contributed by atoms with Crippen molar-refractivity contribution in [1.82, 2.24) is 14.5 Å². The maximum atomic E-state index is 13.8. The predicted molar refractivity (Wildman–Crippen MR) is 131 cm³/mol. The third-order valence-electron chi connectivity index (χ3n) is 6.39. The number of nitrogens with zero attached hydrogens (tertiary/aromatic N) is 3. The monoisotopic (exact) mass is 487 g/mol. The van der Waals surface area contributed by atoms with Gasteiger partial charge in [0, 0.05) is 32.4 Å². The van der Waals surface area contributed by atoms with Crippen molar-refractivity contribution in [3.63, 3.8) is 0 Å². The fraction of sp³-hybridized carbons (Fsp3) is 0.478. The molecule has 0 saturated carbocycles. The summed E-state index contributed by atoms with van der Waals surface area (Å²) < 4.78 is 6.39. The molecule has 1 aromatic heterocycles. The number of aromatic nitrogens is 2. The van der Waals surface area contributed by atoms with Crippen molar-refractivity contribution in [1.29, 1.82) is 0 Å². The zero-order valence-corrected chi connectivity index (χ0v) is 20.1. The molecule has 0 aliphatic carbocycles. The molecule has 34 heavy (non-hydrogen) atoms. The molecule has 2 amide bonds. The van der Waals surface area contributed by atoms with Crippen LogP contribution in [0.5, 0.6) is 0 Å². The van der Waals surface area contributed by atoms with Crippen molar-refractivity contribution < 1.29 is 14.3 Å². The quantitative estimate of drug-likeness (QED) is 0.531. The molecule has 2 fully saturated rings. The molecule has 2 saturated heterocycles. The normalized spacial score (nSPS) is 21.6. The van der Waals surface area contributed by atoms with Crippen molar-refractivity contribution >= 4 is 35.1 Å². The van der Waals surface area contributed by atoms with E-state index in [1.54, 1.807) is 23.8 Å². The molecule has 11 heteroatoms. The number of H-pyrrole nitrogens is 1. The van der Waals surface area contributed by atoms with Gasteiger partial charge in [0.25, 0.3) is 11.5 Å². The molecule has 0 radical (unpaired) electrons. The molecule has 10 nitrogen and oxygen atoms in total. The minimum atomic E-state index is -0.737. The molecule has 0 spiro atoms. The van der Waals surface area contributed by atoms with Crippen LogP contribution in [0.15, 0.2) is 39.9 Å². The first-order valence-corrected chi connectivity index (χ1v) is 12.2. The zero-order chi connectivity index (χ0) is 24.5. The number of aromatic amines is 1. The van der Waals surface area contributed by atoms with Gasteiger partial charge in [0.1, 0.15) is 11.9 Å². The second-order valence-electron chi connectivity index (χ2n) is 8.67. The van der Waals surface area contributed by atoms with Crippen LogP contribution < -0.4 is 21.9 Å². The minimum absolute atomic E-state index is 0.0707. The van der Waals surface area contributed by atoms with Crippen molar-refractivity contribution in [3.05, 3.63) is 56.7 Å². The lowest BCUT2D eigenvalue weighted by Crippen LogP contribution is -2.53. The van der Waals surface area contributed by atoms with Gasteiger partial charge in [0.2, 0.25) is 5.91 Å². The highest BCUT2D eigenvalue weighted by molar-refractivity contribution is 8.01. The van der Waals surface area contributed by atoms with Gasteiger partial charge in [-0.15, -0.1) is 11.8 Å². The van der Waals surface area contributed by atoms with E-state index in [2.05, 4.69) is 4.98 Å². The summed E-state index contributed by atoms with van der Waals surface area (Å²) in [5.74, 6) is -0.114.